The van der Waals surface area contributed by atoms with Gasteiger partial charge < -0.3 is 14.6 Å². The van der Waals surface area contributed by atoms with E-state index in [1.165, 1.54) is 0 Å². The van der Waals surface area contributed by atoms with Crippen molar-refractivity contribution in [1.82, 2.24) is 15.5 Å². The van der Waals surface area contributed by atoms with Crippen LogP contribution >= 0.6 is 0 Å². The van der Waals surface area contributed by atoms with Crippen LogP contribution < -0.4 is 10.1 Å². The van der Waals surface area contributed by atoms with Gasteiger partial charge in [-0.3, -0.25) is 4.79 Å². The summed E-state index contributed by atoms with van der Waals surface area (Å²) in [4.78, 5) is 16.5. The summed E-state index contributed by atoms with van der Waals surface area (Å²) >= 11 is 0. The van der Waals surface area contributed by atoms with Crippen LogP contribution in [0.2, 0.25) is 0 Å². The molecule has 0 aliphatic heterocycles. The van der Waals surface area contributed by atoms with Crippen LogP contribution in [0, 0.1) is 13.8 Å². The summed E-state index contributed by atoms with van der Waals surface area (Å²) in [7, 11) is 0. The Hall–Kier alpha value is -3.15. The first-order valence-electron chi connectivity index (χ1n) is 8.42. The second kappa shape index (κ2) is 7.82. The van der Waals surface area contributed by atoms with Gasteiger partial charge in [-0.05, 0) is 32.9 Å². The van der Waals surface area contributed by atoms with E-state index >= 15 is 0 Å². The Labute approximate surface area is 152 Å². The van der Waals surface area contributed by atoms with Crippen LogP contribution in [0.25, 0.3) is 11.4 Å². The monoisotopic (exact) mass is 351 g/mol. The van der Waals surface area contributed by atoms with Crippen LogP contribution in [0.4, 0.5) is 0 Å². The van der Waals surface area contributed by atoms with Crippen molar-refractivity contribution in [1.29, 1.82) is 0 Å². The molecule has 2 aromatic carbocycles. The third-order valence-electron chi connectivity index (χ3n) is 3.89. The molecule has 1 atom stereocenters. The summed E-state index contributed by atoms with van der Waals surface area (Å²) in [5, 5.41) is 6.69. The summed E-state index contributed by atoms with van der Waals surface area (Å²) in [5.41, 5.74) is 3.16. The lowest BCUT2D eigenvalue weighted by Crippen LogP contribution is -2.35. The number of amides is 1. The van der Waals surface area contributed by atoms with Gasteiger partial charge in [0.05, 0.1) is 6.54 Å². The zero-order valence-electron chi connectivity index (χ0n) is 15.0. The fourth-order valence-corrected chi connectivity index (χ4v) is 2.33. The van der Waals surface area contributed by atoms with Crippen molar-refractivity contribution in [3.05, 3.63) is 65.5 Å². The highest BCUT2D eigenvalue weighted by molar-refractivity contribution is 5.80. The number of ether oxygens (including phenoxy) is 1. The predicted octanol–water partition coefficient (Wildman–Crippen LogP) is 3.44. The van der Waals surface area contributed by atoms with E-state index < -0.39 is 6.10 Å². The summed E-state index contributed by atoms with van der Waals surface area (Å²) in [6.07, 6.45) is -0.628. The lowest BCUT2D eigenvalue weighted by Gasteiger charge is -2.14. The fraction of sp³-hybridized carbons (Fsp3) is 0.250. The van der Waals surface area contributed by atoms with Crippen LogP contribution in [0.15, 0.2) is 53.1 Å². The number of carbonyl (C=O) groups is 1. The summed E-state index contributed by atoms with van der Waals surface area (Å²) in [6, 6.07) is 15.4. The Bertz CT molecular complexity index is 870. The van der Waals surface area contributed by atoms with Gasteiger partial charge in [0.2, 0.25) is 11.7 Å². The minimum absolute atomic E-state index is 0.152. The van der Waals surface area contributed by atoms with Crippen LogP contribution in [0.1, 0.15) is 23.9 Å². The quantitative estimate of drug-likeness (QED) is 0.736. The van der Waals surface area contributed by atoms with Crippen molar-refractivity contribution in [2.45, 2.75) is 33.4 Å². The molecule has 134 valence electrons. The molecular formula is C20H21N3O3. The Balaban J connectivity index is 1.54. The van der Waals surface area contributed by atoms with E-state index in [9.17, 15) is 4.79 Å². The van der Waals surface area contributed by atoms with E-state index in [0.717, 1.165) is 16.7 Å². The smallest absolute Gasteiger partial charge is 0.261 e. The lowest BCUT2D eigenvalue weighted by atomic mass is 10.1. The molecule has 26 heavy (non-hydrogen) atoms. The summed E-state index contributed by atoms with van der Waals surface area (Å²) < 4.78 is 10.8. The van der Waals surface area contributed by atoms with E-state index in [-0.39, 0.29) is 12.5 Å². The van der Waals surface area contributed by atoms with Gasteiger partial charge >= 0.3 is 0 Å². The zero-order chi connectivity index (χ0) is 18.5. The molecule has 1 unspecified atom stereocenters. The minimum Gasteiger partial charge on any atom is -0.481 e. The summed E-state index contributed by atoms with van der Waals surface area (Å²) in [6.45, 7) is 5.86. The molecule has 6 nitrogen and oxygen atoms in total. The largest absolute Gasteiger partial charge is 0.481 e. The number of hydrogen-bond acceptors (Lipinski definition) is 5. The highest BCUT2D eigenvalue weighted by Gasteiger charge is 2.16. The average molecular weight is 351 g/mol. The molecule has 0 fully saturated rings. The molecule has 1 aromatic heterocycles. The first kappa shape index (κ1) is 17.7. The standard InChI is InChI=1S/C20H21N3O3/c1-13-4-8-16(9-5-13)19-22-18(26-23-19)12-21-20(24)15(3)25-17-10-6-14(2)7-11-17/h4-11,15H,12H2,1-3H3,(H,21,24). The molecule has 1 amide bonds. The SMILES string of the molecule is Cc1ccc(OC(C)C(=O)NCc2nc(-c3ccc(C)cc3)no2)cc1. The van der Waals surface area contributed by atoms with Crippen LogP contribution in [-0.2, 0) is 11.3 Å². The van der Waals surface area contributed by atoms with Gasteiger partial charge in [0.25, 0.3) is 5.91 Å². The van der Waals surface area contributed by atoms with Gasteiger partial charge in [-0.15, -0.1) is 0 Å². The molecule has 0 bridgehead atoms. The highest BCUT2D eigenvalue weighted by atomic mass is 16.5. The van der Waals surface area contributed by atoms with Crippen molar-refractivity contribution in [2.75, 3.05) is 0 Å². The van der Waals surface area contributed by atoms with Crippen molar-refractivity contribution in [3.63, 3.8) is 0 Å². The number of nitrogens with one attached hydrogen (secondary N) is 1. The third-order valence-corrected chi connectivity index (χ3v) is 3.89. The number of nitrogens with zero attached hydrogens (tertiary/aromatic N) is 2. The van der Waals surface area contributed by atoms with Crippen molar-refractivity contribution < 1.29 is 14.1 Å². The first-order valence-corrected chi connectivity index (χ1v) is 8.42. The van der Waals surface area contributed by atoms with Gasteiger partial charge in [0.1, 0.15) is 5.75 Å². The Kier molecular flexibility index (Phi) is 5.31. The van der Waals surface area contributed by atoms with E-state index in [4.69, 9.17) is 9.26 Å². The molecule has 0 radical (unpaired) electrons. The molecule has 3 aromatic rings. The lowest BCUT2D eigenvalue weighted by molar-refractivity contribution is -0.127. The van der Waals surface area contributed by atoms with Crippen molar-refractivity contribution in [2.24, 2.45) is 0 Å². The van der Waals surface area contributed by atoms with Gasteiger partial charge in [-0.25, -0.2) is 0 Å². The molecule has 0 aliphatic rings. The van der Waals surface area contributed by atoms with E-state index in [1.54, 1.807) is 6.92 Å². The minimum atomic E-state index is -0.628. The van der Waals surface area contributed by atoms with Gasteiger partial charge in [-0.1, -0.05) is 52.7 Å². The van der Waals surface area contributed by atoms with Gasteiger partial charge in [0.15, 0.2) is 6.10 Å². The Morgan fingerprint density at radius 2 is 1.69 bits per heavy atom. The second-order valence-corrected chi connectivity index (χ2v) is 6.17. The molecule has 0 saturated heterocycles. The maximum absolute atomic E-state index is 12.2. The summed E-state index contributed by atoms with van der Waals surface area (Å²) in [5.74, 6) is 1.24. The molecular weight excluding hydrogens is 330 g/mol. The fourth-order valence-electron chi connectivity index (χ4n) is 2.33. The molecule has 0 saturated carbocycles. The second-order valence-electron chi connectivity index (χ2n) is 6.17. The highest BCUT2D eigenvalue weighted by Crippen LogP contribution is 2.16. The number of benzene rings is 2. The van der Waals surface area contributed by atoms with Crippen LogP contribution in [0.5, 0.6) is 5.75 Å². The normalized spacial score (nSPS) is 11.8. The number of hydrogen-bond donors (Lipinski definition) is 1. The van der Waals surface area contributed by atoms with Crippen molar-refractivity contribution >= 4 is 5.91 Å². The topological polar surface area (TPSA) is 77.2 Å². The molecule has 0 aliphatic carbocycles. The molecule has 0 spiro atoms. The van der Waals surface area contributed by atoms with E-state index in [0.29, 0.717) is 17.5 Å². The number of carbonyl (C=O) groups excluding carboxylic acids is 1. The number of rotatable bonds is 6. The molecule has 6 heteroatoms. The third kappa shape index (κ3) is 4.47. The molecule has 1 heterocycles. The number of aryl methyl sites for hydroxylation is 2. The van der Waals surface area contributed by atoms with E-state index in [2.05, 4.69) is 15.5 Å². The van der Waals surface area contributed by atoms with Crippen molar-refractivity contribution in [3.8, 4) is 17.1 Å². The van der Waals surface area contributed by atoms with E-state index in [1.807, 2.05) is 62.4 Å². The Morgan fingerprint density at radius 1 is 1.08 bits per heavy atom. The van der Waals surface area contributed by atoms with Gasteiger partial charge in [0, 0.05) is 5.56 Å². The maximum atomic E-state index is 12.2. The average Bonchev–Trinajstić information content (AvgIpc) is 3.11. The van der Waals surface area contributed by atoms with Gasteiger partial charge in [-0.2, -0.15) is 4.98 Å². The van der Waals surface area contributed by atoms with Crippen LogP contribution in [0.3, 0.4) is 0 Å². The molecule has 1 N–H and O–H groups in total. The predicted molar refractivity (Wildman–Crippen MR) is 97.6 cm³/mol. The van der Waals surface area contributed by atoms with Crippen LogP contribution in [-0.4, -0.2) is 22.2 Å². The zero-order valence-corrected chi connectivity index (χ0v) is 15.0. The number of aromatic nitrogens is 2. The molecule has 3 rings (SSSR count). The maximum Gasteiger partial charge on any atom is 0.261 e. The first-order chi connectivity index (χ1) is 12.5. The Morgan fingerprint density at radius 3 is 2.35 bits per heavy atom.